The average Bonchev–Trinajstić information content (AvgIpc) is 2.85. The highest BCUT2D eigenvalue weighted by Crippen LogP contribution is 2.30. The van der Waals surface area contributed by atoms with Crippen molar-refractivity contribution in [3.8, 4) is 17.1 Å². The number of oxazole rings is 1. The van der Waals surface area contributed by atoms with Gasteiger partial charge in [-0.25, -0.2) is 4.98 Å². The summed E-state index contributed by atoms with van der Waals surface area (Å²) in [5, 5.41) is 0. The van der Waals surface area contributed by atoms with Crippen molar-refractivity contribution in [2.45, 2.75) is 20.4 Å². The van der Waals surface area contributed by atoms with E-state index in [2.05, 4.69) is 18.8 Å². The number of hydrogen-bond acceptors (Lipinski definition) is 4. The van der Waals surface area contributed by atoms with E-state index in [9.17, 15) is 0 Å². The quantitative estimate of drug-likeness (QED) is 0.881. The lowest BCUT2D eigenvalue weighted by Crippen LogP contribution is -2.05. The molecule has 96 valence electrons. The summed E-state index contributed by atoms with van der Waals surface area (Å²) in [4.78, 5) is 4.10. The minimum Gasteiger partial charge on any atom is -0.493 e. The van der Waals surface area contributed by atoms with Gasteiger partial charge in [0.1, 0.15) is 5.75 Å². The molecule has 0 atom stereocenters. The van der Waals surface area contributed by atoms with Crippen LogP contribution in [0.15, 0.2) is 34.9 Å². The summed E-state index contributed by atoms with van der Waals surface area (Å²) < 4.78 is 11.3. The second-order valence-electron chi connectivity index (χ2n) is 4.52. The summed E-state index contributed by atoms with van der Waals surface area (Å²) in [6.07, 6.45) is 1.68. The molecule has 0 spiro atoms. The Morgan fingerprint density at radius 1 is 1.33 bits per heavy atom. The van der Waals surface area contributed by atoms with Crippen LogP contribution in [0.2, 0.25) is 0 Å². The van der Waals surface area contributed by atoms with Crippen LogP contribution in [0.1, 0.15) is 19.7 Å². The molecule has 0 amide bonds. The monoisotopic (exact) mass is 246 g/mol. The number of benzene rings is 1. The van der Waals surface area contributed by atoms with Gasteiger partial charge in [0.15, 0.2) is 5.76 Å². The summed E-state index contributed by atoms with van der Waals surface area (Å²) in [7, 11) is 0. The minimum absolute atomic E-state index is 0.301. The smallest absolute Gasteiger partial charge is 0.208 e. The van der Waals surface area contributed by atoms with E-state index < -0.39 is 0 Å². The lowest BCUT2D eigenvalue weighted by atomic mass is 10.1. The molecule has 4 nitrogen and oxygen atoms in total. The summed E-state index contributed by atoms with van der Waals surface area (Å²) >= 11 is 0. The van der Waals surface area contributed by atoms with Crippen LogP contribution in [0.3, 0.4) is 0 Å². The maximum Gasteiger partial charge on any atom is 0.208 e. The van der Waals surface area contributed by atoms with Gasteiger partial charge in [-0.2, -0.15) is 0 Å². The number of para-hydroxylation sites is 1. The molecule has 0 bridgehead atoms. The van der Waals surface area contributed by atoms with E-state index in [0.717, 1.165) is 11.3 Å². The Morgan fingerprint density at radius 2 is 2.11 bits per heavy atom. The molecule has 0 aliphatic rings. The van der Waals surface area contributed by atoms with Crippen molar-refractivity contribution >= 4 is 0 Å². The third-order valence-corrected chi connectivity index (χ3v) is 2.45. The first-order chi connectivity index (χ1) is 8.70. The largest absolute Gasteiger partial charge is 0.493 e. The lowest BCUT2D eigenvalue weighted by Gasteiger charge is -2.11. The SMILES string of the molecule is CC(C)COc1ccccc1-c1cnc(CN)o1. The number of ether oxygens (including phenoxy) is 1. The molecule has 1 aromatic carbocycles. The fourth-order valence-electron chi connectivity index (χ4n) is 1.58. The fraction of sp³-hybridized carbons (Fsp3) is 0.357. The van der Waals surface area contributed by atoms with Gasteiger partial charge in [-0.3, -0.25) is 0 Å². The summed E-state index contributed by atoms with van der Waals surface area (Å²) in [6, 6.07) is 7.78. The minimum atomic E-state index is 0.301. The molecule has 0 fully saturated rings. The van der Waals surface area contributed by atoms with Crippen LogP contribution in [-0.2, 0) is 6.54 Å². The first-order valence-electron chi connectivity index (χ1n) is 6.07. The maximum absolute atomic E-state index is 5.78. The van der Waals surface area contributed by atoms with Gasteiger partial charge in [0.2, 0.25) is 5.89 Å². The highest BCUT2D eigenvalue weighted by molar-refractivity contribution is 5.64. The summed E-state index contributed by atoms with van der Waals surface area (Å²) in [6.45, 7) is 5.21. The molecule has 4 heteroatoms. The van der Waals surface area contributed by atoms with Gasteiger partial charge in [-0.1, -0.05) is 26.0 Å². The zero-order valence-electron chi connectivity index (χ0n) is 10.7. The Morgan fingerprint density at radius 3 is 2.78 bits per heavy atom. The second kappa shape index (κ2) is 5.69. The molecule has 0 aliphatic heterocycles. The van der Waals surface area contributed by atoms with Crippen molar-refractivity contribution in [1.29, 1.82) is 0 Å². The number of nitrogens with two attached hydrogens (primary N) is 1. The van der Waals surface area contributed by atoms with Crippen LogP contribution < -0.4 is 10.5 Å². The predicted molar refractivity (Wildman–Crippen MR) is 70.2 cm³/mol. The van der Waals surface area contributed by atoms with Crippen molar-refractivity contribution < 1.29 is 9.15 Å². The van der Waals surface area contributed by atoms with E-state index in [4.69, 9.17) is 14.9 Å². The summed E-state index contributed by atoms with van der Waals surface area (Å²) in [5.41, 5.74) is 6.40. The molecule has 2 rings (SSSR count). The van der Waals surface area contributed by atoms with Gasteiger partial charge in [0.05, 0.1) is 24.9 Å². The van der Waals surface area contributed by atoms with Crippen LogP contribution >= 0.6 is 0 Å². The molecule has 0 saturated carbocycles. The van der Waals surface area contributed by atoms with Crippen LogP contribution in [0.25, 0.3) is 11.3 Å². The average molecular weight is 246 g/mol. The first-order valence-corrected chi connectivity index (χ1v) is 6.07. The third-order valence-electron chi connectivity index (χ3n) is 2.45. The molecule has 0 radical (unpaired) electrons. The van der Waals surface area contributed by atoms with Crippen LogP contribution in [0, 0.1) is 5.92 Å². The van der Waals surface area contributed by atoms with Crippen LogP contribution in [-0.4, -0.2) is 11.6 Å². The van der Waals surface area contributed by atoms with Crippen LogP contribution in [0.4, 0.5) is 0 Å². The highest BCUT2D eigenvalue weighted by atomic mass is 16.5. The molecular weight excluding hydrogens is 228 g/mol. The van der Waals surface area contributed by atoms with E-state index in [0.29, 0.717) is 30.7 Å². The molecular formula is C14H18N2O2. The molecule has 0 aliphatic carbocycles. The summed E-state index contributed by atoms with van der Waals surface area (Å²) in [5.74, 6) is 2.51. The fourth-order valence-corrected chi connectivity index (χ4v) is 1.58. The molecule has 0 unspecified atom stereocenters. The second-order valence-corrected chi connectivity index (χ2v) is 4.52. The van der Waals surface area contributed by atoms with Crippen molar-refractivity contribution in [2.24, 2.45) is 11.7 Å². The van der Waals surface area contributed by atoms with Crippen molar-refractivity contribution in [3.05, 3.63) is 36.4 Å². The van der Waals surface area contributed by atoms with Crippen molar-refractivity contribution in [1.82, 2.24) is 4.98 Å². The zero-order valence-corrected chi connectivity index (χ0v) is 10.7. The van der Waals surface area contributed by atoms with Gasteiger partial charge in [-0.05, 0) is 18.1 Å². The Balaban J connectivity index is 2.26. The number of nitrogens with zero attached hydrogens (tertiary/aromatic N) is 1. The Labute approximate surface area is 107 Å². The Hall–Kier alpha value is -1.81. The number of aromatic nitrogens is 1. The van der Waals surface area contributed by atoms with E-state index in [1.165, 1.54) is 0 Å². The van der Waals surface area contributed by atoms with E-state index in [-0.39, 0.29) is 0 Å². The predicted octanol–water partition coefficient (Wildman–Crippen LogP) is 2.84. The normalized spacial score (nSPS) is 10.9. The van der Waals surface area contributed by atoms with Crippen molar-refractivity contribution in [2.75, 3.05) is 6.61 Å². The third kappa shape index (κ3) is 2.90. The number of hydrogen-bond donors (Lipinski definition) is 1. The number of rotatable bonds is 5. The van der Waals surface area contributed by atoms with E-state index in [1.807, 2.05) is 24.3 Å². The molecule has 1 aromatic heterocycles. The molecule has 1 heterocycles. The molecule has 18 heavy (non-hydrogen) atoms. The standard InChI is InChI=1S/C14H18N2O2/c1-10(2)9-17-12-6-4-3-5-11(12)13-8-16-14(7-15)18-13/h3-6,8,10H,7,9,15H2,1-2H3. The Kier molecular flexibility index (Phi) is 3.99. The van der Waals surface area contributed by atoms with Crippen LogP contribution in [0.5, 0.6) is 5.75 Å². The van der Waals surface area contributed by atoms with Gasteiger partial charge in [-0.15, -0.1) is 0 Å². The molecule has 2 aromatic rings. The van der Waals surface area contributed by atoms with Gasteiger partial charge in [0, 0.05) is 0 Å². The van der Waals surface area contributed by atoms with E-state index >= 15 is 0 Å². The molecule has 2 N–H and O–H groups in total. The first kappa shape index (κ1) is 12.6. The van der Waals surface area contributed by atoms with E-state index in [1.54, 1.807) is 6.20 Å². The molecule has 0 saturated heterocycles. The zero-order chi connectivity index (χ0) is 13.0. The van der Waals surface area contributed by atoms with Gasteiger partial charge < -0.3 is 14.9 Å². The highest BCUT2D eigenvalue weighted by Gasteiger charge is 2.11. The Bertz CT molecular complexity index is 506. The topological polar surface area (TPSA) is 61.3 Å². The lowest BCUT2D eigenvalue weighted by molar-refractivity contribution is 0.271. The van der Waals surface area contributed by atoms with Gasteiger partial charge >= 0.3 is 0 Å². The van der Waals surface area contributed by atoms with Crippen molar-refractivity contribution in [3.63, 3.8) is 0 Å². The van der Waals surface area contributed by atoms with Gasteiger partial charge in [0.25, 0.3) is 0 Å². The maximum atomic E-state index is 5.78.